The van der Waals surface area contributed by atoms with E-state index in [9.17, 15) is 0 Å². The topological polar surface area (TPSA) is 94.7 Å². The van der Waals surface area contributed by atoms with Crippen molar-refractivity contribution in [3.8, 4) is 0 Å². The second-order valence-electron chi connectivity index (χ2n) is 5.88. The molecule has 0 radical (unpaired) electrons. The molecule has 0 aromatic carbocycles. The van der Waals surface area contributed by atoms with Gasteiger partial charge in [-0.25, -0.2) is 0 Å². The van der Waals surface area contributed by atoms with Crippen molar-refractivity contribution >= 4 is 40.3 Å². The van der Waals surface area contributed by atoms with Crippen LogP contribution in [0.5, 0.6) is 0 Å². The number of aromatic nitrogens is 4. The standard InChI is InChI=1S/C20H13N4.Ni.H2O.O/c1-2-14-10-16-5-6-18(23-16)12-20-8-7-19(24-20)11-17-4-3-15(22-17)9-13(1)21-14;;;/h1-7,9-12,21,23H;;1H2;/q-1;+1;;/p-1. The Bertz CT molecular complexity index is 1130. The first-order valence-electron chi connectivity index (χ1n) is 8.03. The van der Waals surface area contributed by atoms with Gasteiger partial charge in [0.25, 0.3) is 0 Å². The van der Waals surface area contributed by atoms with Gasteiger partial charge in [-0.2, -0.15) is 6.08 Å². The predicted molar refractivity (Wildman–Crippen MR) is 99.6 cm³/mol. The Morgan fingerprint density at radius 3 is 2.00 bits per heavy atom. The first kappa shape index (κ1) is 17.3. The summed E-state index contributed by atoms with van der Waals surface area (Å²) in [7, 11) is 0. The number of rotatable bonds is 0. The molecule has 0 fully saturated rings. The van der Waals surface area contributed by atoms with Gasteiger partial charge in [0, 0.05) is 16.6 Å². The van der Waals surface area contributed by atoms with Gasteiger partial charge >= 0.3 is 22.8 Å². The van der Waals surface area contributed by atoms with Gasteiger partial charge in [0.15, 0.2) is 0 Å². The van der Waals surface area contributed by atoms with Gasteiger partial charge in [-0.05, 0) is 59.8 Å². The van der Waals surface area contributed by atoms with Crippen molar-refractivity contribution in [2.75, 3.05) is 0 Å². The Hall–Kier alpha value is -3.15. The van der Waals surface area contributed by atoms with Crippen LogP contribution in [0.25, 0.3) is 40.3 Å². The summed E-state index contributed by atoms with van der Waals surface area (Å²) in [5, 5.41) is 0. The molecule has 5 heterocycles. The molecule has 6 nitrogen and oxygen atoms in total. The maximum absolute atomic E-state index is 8.42. The zero-order valence-electron chi connectivity index (χ0n) is 13.9. The number of H-pyrrole nitrogens is 2. The molecule has 8 bridgehead atoms. The minimum absolute atomic E-state index is 0.625. The van der Waals surface area contributed by atoms with Crippen LogP contribution < -0.4 is 0 Å². The average molecular weight is 401 g/mol. The maximum atomic E-state index is 8.42. The number of hydrogen-bond donors (Lipinski definition) is 3. The van der Waals surface area contributed by atoms with Gasteiger partial charge < -0.3 is 15.0 Å². The van der Waals surface area contributed by atoms with Crippen molar-refractivity contribution in [2.45, 2.75) is 0 Å². The average Bonchev–Trinajstić information content (AvgIpc) is 3.41. The molecule has 0 aliphatic carbocycles. The number of hydrogen-bond acceptors (Lipinski definition) is 3. The fourth-order valence-electron chi connectivity index (χ4n) is 2.88. The van der Waals surface area contributed by atoms with E-state index in [4.69, 9.17) is 8.15 Å². The molecule has 3 aromatic rings. The van der Waals surface area contributed by atoms with E-state index >= 15 is 0 Å². The molecule has 0 unspecified atom stereocenters. The van der Waals surface area contributed by atoms with Crippen molar-refractivity contribution in [3.05, 3.63) is 77.4 Å². The molecule has 2 aliphatic rings. The van der Waals surface area contributed by atoms with Gasteiger partial charge in [-0.3, -0.25) is 4.98 Å². The second-order valence-corrected chi connectivity index (χ2v) is 6.06. The molecule has 3 N–H and O–H groups in total. The summed E-state index contributed by atoms with van der Waals surface area (Å²) in [6.45, 7) is 0. The van der Waals surface area contributed by atoms with Gasteiger partial charge in [0.05, 0.1) is 11.4 Å². The van der Waals surface area contributed by atoms with Crippen LogP contribution in [0.2, 0.25) is 0 Å². The summed E-state index contributed by atoms with van der Waals surface area (Å²) < 4.78 is 15.4. The summed E-state index contributed by atoms with van der Waals surface area (Å²) >= 11 is -0.625. The van der Waals surface area contributed by atoms with Crippen LogP contribution in [0.1, 0.15) is 22.8 Å². The molecule has 2 aliphatic heterocycles. The van der Waals surface area contributed by atoms with Crippen LogP contribution >= 0.6 is 0 Å². The monoisotopic (exact) mass is 400 g/mol. The molecule has 0 spiro atoms. The van der Waals surface area contributed by atoms with Gasteiger partial charge in [0.2, 0.25) is 0 Å². The van der Waals surface area contributed by atoms with E-state index in [0.717, 1.165) is 44.8 Å². The SMILES string of the molecule is [C-]1=Cc2cc3nc(cc4ccc(cc5ccc(cc1n2)[nH]5)[nH]4)C=C3.[O]=[Ni][OH]. The second kappa shape index (κ2) is 7.62. The van der Waals surface area contributed by atoms with E-state index in [1.807, 2.05) is 42.5 Å². The number of aromatic amines is 2. The van der Waals surface area contributed by atoms with E-state index in [1.54, 1.807) is 0 Å². The Balaban J connectivity index is 0.000000565. The molecule has 7 heteroatoms. The van der Waals surface area contributed by atoms with Crippen LogP contribution in [-0.2, 0) is 18.6 Å². The molecule has 3 aromatic heterocycles. The molecule has 0 amide bonds. The summed E-state index contributed by atoms with van der Waals surface area (Å²) in [5.41, 5.74) is 7.59. The first-order valence-corrected chi connectivity index (χ1v) is 8.88. The van der Waals surface area contributed by atoms with E-state index in [2.05, 4.69) is 50.3 Å². The van der Waals surface area contributed by atoms with Crippen LogP contribution in [0.15, 0.2) is 48.5 Å². The summed E-state index contributed by atoms with van der Waals surface area (Å²) in [6, 6.07) is 16.3. The van der Waals surface area contributed by atoms with Gasteiger partial charge in [-0.1, -0.05) is 11.8 Å². The van der Waals surface area contributed by atoms with Crippen molar-refractivity contribution in [2.24, 2.45) is 0 Å². The summed E-state index contributed by atoms with van der Waals surface area (Å²) in [5.74, 6) is 0. The predicted octanol–water partition coefficient (Wildman–Crippen LogP) is 3.67. The molecule has 27 heavy (non-hydrogen) atoms. The normalized spacial score (nSPS) is 12.0. The van der Waals surface area contributed by atoms with E-state index < -0.39 is 14.7 Å². The Labute approximate surface area is 160 Å². The molecular weight excluding hydrogens is 387 g/mol. The van der Waals surface area contributed by atoms with Crippen molar-refractivity contribution in [1.29, 1.82) is 0 Å². The van der Waals surface area contributed by atoms with E-state index in [0.29, 0.717) is 0 Å². The van der Waals surface area contributed by atoms with Crippen molar-refractivity contribution in [1.82, 2.24) is 19.9 Å². The Morgan fingerprint density at radius 2 is 1.33 bits per heavy atom. The zero-order valence-corrected chi connectivity index (χ0v) is 14.9. The third-order valence-corrected chi connectivity index (χ3v) is 3.97. The quantitative estimate of drug-likeness (QED) is 0.273. The summed E-state index contributed by atoms with van der Waals surface area (Å²) in [4.78, 5) is 15.9. The molecule has 0 atom stereocenters. The zero-order chi connectivity index (χ0) is 18.6. The minimum atomic E-state index is -0.625. The third-order valence-electron chi connectivity index (χ3n) is 3.97. The van der Waals surface area contributed by atoms with Crippen molar-refractivity contribution in [3.63, 3.8) is 0 Å². The summed E-state index contributed by atoms with van der Waals surface area (Å²) in [6.07, 6.45) is 9.06. The molecule has 0 saturated carbocycles. The van der Waals surface area contributed by atoms with Gasteiger partial charge in [-0.15, -0.1) is 12.1 Å². The number of nitrogens with zero attached hydrogens (tertiary/aromatic N) is 2. The number of fused-ring (bicyclic) bond motifs is 8. The molecule has 0 saturated heterocycles. The van der Waals surface area contributed by atoms with Gasteiger partial charge in [0.1, 0.15) is 0 Å². The van der Waals surface area contributed by atoms with Crippen LogP contribution in [0.4, 0.5) is 0 Å². The Morgan fingerprint density at radius 1 is 0.778 bits per heavy atom. The fourth-order valence-corrected chi connectivity index (χ4v) is 2.88. The molecule has 137 valence electrons. The molecular formula is C20H14N4NiO2-. The van der Waals surface area contributed by atoms with Crippen molar-refractivity contribution < 1.29 is 22.8 Å². The molecule has 5 rings (SSSR count). The third kappa shape index (κ3) is 4.16. The number of nitrogens with one attached hydrogen (secondary N) is 2. The van der Waals surface area contributed by atoms with Crippen LogP contribution in [0, 0.1) is 6.08 Å². The van der Waals surface area contributed by atoms with E-state index in [-0.39, 0.29) is 0 Å². The van der Waals surface area contributed by atoms with E-state index in [1.165, 1.54) is 0 Å². The van der Waals surface area contributed by atoms with Crippen LogP contribution in [-0.4, -0.2) is 24.2 Å². The fraction of sp³-hybridized carbons (Fsp3) is 0. The first-order chi connectivity index (χ1) is 13.2. The Kier molecular flexibility index (Phi) is 4.87. The van der Waals surface area contributed by atoms with Crippen LogP contribution in [0.3, 0.4) is 0 Å².